The standard InChI is InChI=1S/C17H27NO2/c1-12(2)10-15(14-8-6-5-7-9-14)17(20)18-16(11-19)13(3)4/h5-9,12-13,15-16,19H,10-11H2,1-4H3,(H,18,20). The highest BCUT2D eigenvalue weighted by Crippen LogP contribution is 2.24. The Morgan fingerprint density at radius 1 is 1.15 bits per heavy atom. The van der Waals surface area contributed by atoms with Gasteiger partial charge in [0.25, 0.3) is 0 Å². The van der Waals surface area contributed by atoms with Crippen molar-refractivity contribution < 1.29 is 9.90 Å². The summed E-state index contributed by atoms with van der Waals surface area (Å²) in [4.78, 5) is 12.5. The molecule has 0 heterocycles. The number of hydrogen-bond donors (Lipinski definition) is 2. The van der Waals surface area contributed by atoms with E-state index in [1.165, 1.54) is 0 Å². The van der Waals surface area contributed by atoms with E-state index in [-0.39, 0.29) is 30.4 Å². The van der Waals surface area contributed by atoms with E-state index in [0.29, 0.717) is 5.92 Å². The second-order valence-corrected chi connectivity index (χ2v) is 6.13. The van der Waals surface area contributed by atoms with E-state index in [1.807, 2.05) is 44.2 Å². The SMILES string of the molecule is CC(C)CC(C(=O)NC(CO)C(C)C)c1ccccc1. The smallest absolute Gasteiger partial charge is 0.227 e. The van der Waals surface area contributed by atoms with Crippen LogP contribution in [0.4, 0.5) is 0 Å². The first kappa shape index (κ1) is 16.7. The minimum absolute atomic E-state index is 0.0117. The van der Waals surface area contributed by atoms with Crippen LogP contribution in [-0.2, 0) is 4.79 Å². The largest absolute Gasteiger partial charge is 0.394 e. The number of benzene rings is 1. The molecule has 1 amide bonds. The Morgan fingerprint density at radius 2 is 1.75 bits per heavy atom. The molecule has 0 spiro atoms. The molecule has 0 saturated carbocycles. The Kier molecular flexibility index (Phi) is 6.73. The molecule has 0 bridgehead atoms. The zero-order valence-corrected chi connectivity index (χ0v) is 13.0. The van der Waals surface area contributed by atoms with Crippen LogP contribution in [-0.4, -0.2) is 23.7 Å². The van der Waals surface area contributed by atoms with Gasteiger partial charge in [-0.3, -0.25) is 4.79 Å². The summed E-state index contributed by atoms with van der Waals surface area (Å²) in [7, 11) is 0. The van der Waals surface area contributed by atoms with Crippen molar-refractivity contribution in [1.82, 2.24) is 5.32 Å². The minimum atomic E-state index is -0.180. The molecule has 2 atom stereocenters. The van der Waals surface area contributed by atoms with Gasteiger partial charge in [-0.2, -0.15) is 0 Å². The summed E-state index contributed by atoms with van der Waals surface area (Å²) >= 11 is 0. The summed E-state index contributed by atoms with van der Waals surface area (Å²) < 4.78 is 0. The van der Waals surface area contributed by atoms with Crippen LogP contribution >= 0.6 is 0 Å². The van der Waals surface area contributed by atoms with Crippen LogP contribution in [0, 0.1) is 11.8 Å². The second kappa shape index (κ2) is 8.05. The maximum Gasteiger partial charge on any atom is 0.227 e. The maximum absolute atomic E-state index is 12.5. The van der Waals surface area contributed by atoms with Gasteiger partial charge in [-0.1, -0.05) is 58.0 Å². The third kappa shape index (κ3) is 4.97. The first-order valence-corrected chi connectivity index (χ1v) is 7.41. The van der Waals surface area contributed by atoms with E-state index in [4.69, 9.17) is 0 Å². The molecule has 0 aromatic heterocycles. The number of aliphatic hydroxyl groups excluding tert-OH is 1. The van der Waals surface area contributed by atoms with E-state index < -0.39 is 0 Å². The van der Waals surface area contributed by atoms with Gasteiger partial charge < -0.3 is 10.4 Å². The van der Waals surface area contributed by atoms with Crippen molar-refractivity contribution in [3.05, 3.63) is 35.9 Å². The Hall–Kier alpha value is -1.35. The molecule has 112 valence electrons. The van der Waals surface area contributed by atoms with Crippen LogP contribution in [0.3, 0.4) is 0 Å². The predicted octanol–water partition coefficient (Wildman–Crippen LogP) is 2.95. The third-order valence-electron chi connectivity index (χ3n) is 3.55. The van der Waals surface area contributed by atoms with Gasteiger partial charge in [-0.05, 0) is 23.8 Å². The lowest BCUT2D eigenvalue weighted by atomic mass is 9.89. The van der Waals surface area contributed by atoms with Gasteiger partial charge >= 0.3 is 0 Å². The predicted molar refractivity (Wildman–Crippen MR) is 82.5 cm³/mol. The van der Waals surface area contributed by atoms with Crippen LogP contribution in [0.2, 0.25) is 0 Å². The van der Waals surface area contributed by atoms with Gasteiger partial charge in [-0.25, -0.2) is 0 Å². The topological polar surface area (TPSA) is 49.3 Å². The Bertz CT molecular complexity index is 401. The van der Waals surface area contributed by atoms with Crippen molar-refractivity contribution >= 4 is 5.91 Å². The van der Waals surface area contributed by atoms with Crippen LogP contribution in [0.5, 0.6) is 0 Å². The van der Waals surface area contributed by atoms with Crippen molar-refractivity contribution in [3.8, 4) is 0 Å². The van der Waals surface area contributed by atoms with Crippen molar-refractivity contribution in [1.29, 1.82) is 0 Å². The average molecular weight is 277 g/mol. The summed E-state index contributed by atoms with van der Waals surface area (Å²) in [5.41, 5.74) is 1.04. The number of amides is 1. The number of nitrogens with one attached hydrogen (secondary N) is 1. The molecular weight excluding hydrogens is 250 g/mol. The molecule has 1 aromatic rings. The normalized spacial score (nSPS) is 14.3. The molecule has 0 aliphatic heterocycles. The van der Waals surface area contributed by atoms with Crippen molar-refractivity contribution in [2.24, 2.45) is 11.8 Å². The van der Waals surface area contributed by atoms with Gasteiger partial charge in [0.1, 0.15) is 0 Å². The van der Waals surface area contributed by atoms with Gasteiger partial charge in [0.2, 0.25) is 5.91 Å². The van der Waals surface area contributed by atoms with Gasteiger partial charge in [0.15, 0.2) is 0 Å². The fourth-order valence-electron chi connectivity index (χ4n) is 2.26. The lowest BCUT2D eigenvalue weighted by Gasteiger charge is -2.25. The highest BCUT2D eigenvalue weighted by atomic mass is 16.3. The quantitative estimate of drug-likeness (QED) is 0.805. The number of carbonyl (C=O) groups excluding carboxylic acids is 1. The molecular formula is C17H27NO2. The Balaban J connectivity index is 2.85. The number of aliphatic hydroxyl groups is 1. The van der Waals surface area contributed by atoms with Crippen molar-refractivity contribution in [2.45, 2.75) is 46.1 Å². The highest BCUT2D eigenvalue weighted by Gasteiger charge is 2.24. The number of carbonyl (C=O) groups is 1. The molecule has 0 aliphatic carbocycles. The Labute approximate surface area is 122 Å². The first-order chi connectivity index (χ1) is 9.45. The van der Waals surface area contributed by atoms with Gasteiger partial charge in [0, 0.05) is 0 Å². The van der Waals surface area contributed by atoms with Crippen molar-refractivity contribution in [3.63, 3.8) is 0 Å². The van der Waals surface area contributed by atoms with E-state index in [0.717, 1.165) is 12.0 Å². The minimum Gasteiger partial charge on any atom is -0.394 e. The summed E-state index contributed by atoms with van der Waals surface area (Å²) in [6, 6.07) is 9.69. The summed E-state index contributed by atoms with van der Waals surface area (Å²) in [5, 5.41) is 12.3. The van der Waals surface area contributed by atoms with E-state index in [9.17, 15) is 9.90 Å². The summed E-state index contributed by atoms with van der Waals surface area (Å²) in [6.07, 6.45) is 0.812. The van der Waals surface area contributed by atoms with Gasteiger partial charge in [-0.15, -0.1) is 0 Å². The lowest BCUT2D eigenvalue weighted by Crippen LogP contribution is -2.43. The van der Waals surface area contributed by atoms with Gasteiger partial charge in [0.05, 0.1) is 18.6 Å². The molecule has 3 nitrogen and oxygen atoms in total. The van der Waals surface area contributed by atoms with E-state index in [2.05, 4.69) is 19.2 Å². The maximum atomic E-state index is 12.5. The summed E-state index contributed by atoms with van der Waals surface area (Å²) in [5.74, 6) is 0.527. The van der Waals surface area contributed by atoms with Crippen LogP contribution < -0.4 is 5.32 Å². The molecule has 2 N–H and O–H groups in total. The molecule has 0 aliphatic rings. The zero-order valence-electron chi connectivity index (χ0n) is 13.0. The molecule has 0 radical (unpaired) electrons. The summed E-state index contributed by atoms with van der Waals surface area (Å²) in [6.45, 7) is 8.22. The van der Waals surface area contributed by atoms with Crippen LogP contribution in [0.15, 0.2) is 30.3 Å². The van der Waals surface area contributed by atoms with Crippen LogP contribution in [0.25, 0.3) is 0 Å². The molecule has 1 aromatic carbocycles. The van der Waals surface area contributed by atoms with Crippen molar-refractivity contribution in [2.75, 3.05) is 6.61 Å². The van der Waals surface area contributed by atoms with E-state index >= 15 is 0 Å². The van der Waals surface area contributed by atoms with Crippen LogP contribution in [0.1, 0.15) is 45.6 Å². The fourth-order valence-corrected chi connectivity index (χ4v) is 2.26. The van der Waals surface area contributed by atoms with E-state index in [1.54, 1.807) is 0 Å². The molecule has 0 saturated heterocycles. The highest BCUT2D eigenvalue weighted by molar-refractivity contribution is 5.83. The molecule has 20 heavy (non-hydrogen) atoms. The third-order valence-corrected chi connectivity index (χ3v) is 3.55. The first-order valence-electron chi connectivity index (χ1n) is 7.41. The number of hydrogen-bond acceptors (Lipinski definition) is 2. The monoisotopic (exact) mass is 277 g/mol. The molecule has 2 unspecified atom stereocenters. The lowest BCUT2D eigenvalue weighted by molar-refractivity contribution is -0.124. The Morgan fingerprint density at radius 3 is 2.20 bits per heavy atom. The molecule has 3 heteroatoms. The zero-order chi connectivity index (χ0) is 15.1. The second-order valence-electron chi connectivity index (χ2n) is 6.13. The number of rotatable bonds is 7. The average Bonchev–Trinajstić information content (AvgIpc) is 2.42. The fraction of sp³-hybridized carbons (Fsp3) is 0.588. The molecule has 0 fully saturated rings. The molecule has 1 rings (SSSR count).